The number of fused-ring (bicyclic) bond motifs is 1. The summed E-state index contributed by atoms with van der Waals surface area (Å²) in [5, 5.41) is 11.5. The van der Waals surface area contributed by atoms with Gasteiger partial charge in [0.1, 0.15) is 0 Å². The molecule has 120 valence electrons. The average molecular weight is 299 g/mol. The largest absolute Gasteiger partial charge is 0.481 e. The number of aliphatic carboxylic acids is 1. The summed E-state index contributed by atoms with van der Waals surface area (Å²) < 4.78 is 5.78. The molecule has 7 nitrogen and oxygen atoms in total. The minimum absolute atomic E-state index is 0.0291. The fraction of sp³-hybridized carbons (Fsp3) is 0.857. The highest BCUT2D eigenvalue weighted by atomic mass is 16.5. The smallest absolute Gasteiger partial charge is 0.317 e. The van der Waals surface area contributed by atoms with E-state index in [0.717, 1.165) is 19.7 Å². The summed E-state index contributed by atoms with van der Waals surface area (Å²) in [6.07, 6.45) is 2.43. The van der Waals surface area contributed by atoms with Crippen molar-refractivity contribution in [1.82, 2.24) is 15.1 Å². The van der Waals surface area contributed by atoms with E-state index in [2.05, 4.69) is 10.2 Å². The van der Waals surface area contributed by atoms with E-state index in [0.29, 0.717) is 19.1 Å². The first-order valence-corrected chi connectivity index (χ1v) is 7.70. The van der Waals surface area contributed by atoms with Gasteiger partial charge >= 0.3 is 12.0 Å². The van der Waals surface area contributed by atoms with Gasteiger partial charge in [0.15, 0.2) is 0 Å². The van der Waals surface area contributed by atoms with Crippen LogP contribution in [0.5, 0.6) is 0 Å². The molecule has 2 amide bonds. The Bertz CT molecular complexity index is 377. The number of hydrogen-bond donors (Lipinski definition) is 2. The number of amides is 2. The summed E-state index contributed by atoms with van der Waals surface area (Å²) in [5.74, 6) is -0.892. The summed E-state index contributed by atoms with van der Waals surface area (Å²) in [6.45, 7) is 5.79. The van der Waals surface area contributed by atoms with Crippen LogP contribution in [-0.2, 0) is 9.53 Å². The molecule has 0 aromatic rings. The van der Waals surface area contributed by atoms with Crippen LogP contribution >= 0.6 is 0 Å². The lowest BCUT2D eigenvalue weighted by Gasteiger charge is -2.35. The molecular formula is C14H25N3O4. The number of carboxylic acids is 1. The lowest BCUT2D eigenvalue weighted by molar-refractivity contribution is -0.137. The van der Waals surface area contributed by atoms with Gasteiger partial charge < -0.3 is 20.1 Å². The van der Waals surface area contributed by atoms with Gasteiger partial charge in [0, 0.05) is 32.2 Å². The third kappa shape index (κ3) is 4.57. The standard InChI is InChI=1S/C14H25N3O4/c1-2-16(7-5-13(18)19)14(20)15-8-12-9-17-6-3-4-11(17)10-21-12/h11-12H,2-10H2,1H3,(H,15,20)(H,18,19). The van der Waals surface area contributed by atoms with Crippen molar-refractivity contribution in [3.05, 3.63) is 0 Å². The Hall–Kier alpha value is -1.34. The SMILES string of the molecule is CCN(CCC(=O)O)C(=O)NCC1CN2CCCC2CO1. The van der Waals surface area contributed by atoms with E-state index >= 15 is 0 Å². The van der Waals surface area contributed by atoms with Crippen molar-refractivity contribution in [2.24, 2.45) is 0 Å². The van der Waals surface area contributed by atoms with E-state index in [1.165, 1.54) is 17.7 Å². The number of nitrogens with zero attached hydrogens (tertiary/aromatic N) is 2. The molecule has 2 fully saturated rings. The van der Waals surface area contributed by atoms with Crippen LogP contribution in [0.2, 0.25) is 0 Å². The van der Waals surface area contributed by atoms with Crippen LogP contribution in [0.3, 0.4) is 0 Å². The van der Waals surface area contributed by atoms with Gasteiger partial charge in [0.2, 0.25) is 0 Å². The first-order chi connectivity index (χ1) is 10.1. The second-order valence-electron chi connectivity index (χ2n) is 5.66. The van der Waals surface area contributed by atoms with Crippen LogP contribution in [0.1, 0.15) is 26.2 Å². The Morgan fingerprint density at radius 2 is 2.29 bits per heavy atom. The van der Waals surface area contributed by atoms with Crippen molar-refractivity contribution >= 4 is 12.0 Å². The van der Waals surface area contributed by atoms with Gasteiger partial charge in [-0.2, -0.15) is 0 Å². The number of ether oxygens (including phenoxy) is 1. The zero-order valence-electron chi connectivity index (χ0n) is 12.6. The molecule has 2 aliphatic heterocycles. The molecule has 0 spiro atoms. The number of carboxylic acid groups (broad SMARTS) is 1. The Labute approximate surface area is 125 Å². The quantitative estimate of drug-likeness (QED) is 0.740. The summed E-state index contributed by atoms with van der Waals surface area (Å²) in [7, 11) is 0. The summed E-state index contributed by atoms with van der Waals surface area (Å²) in [4.78, 5) is 26.5. The zero-order valence-corrected chi connectivity index (χ0v) is 12.6. The number of rotatable bonds is 6. The molecule has 21 heavy (non-hydrogen) atoms. The first-order valence-electron chi connectivity index (χ1n) is 7.70. The van der Waals surface area contributed by atoms with Gasteiger partial charge in [-0.25, -0.2) is 4.79 Å². The molecule has 2 aliphatic rings. The number of morpholine rings is 1. The van der Waals surface area contributed by atoms with Crippen LogP contribution in [0.25, 0.3) is 0 Å². The molecule has 0 aromatic heterocycles. The molecule has 0 bridgehead atoms. The second kappa shape index (κ2) is 7.61. The van der Waals surface area contributed by atoms with E-state index in [1.54, 1.807) is 0 Å². The third-order valence-corrected chi connectivity index (χ3v) is 4.21. The number of urea groups is 1. The highest BCUT2D eigenvalue weighted by molar-refractivity contribution is 5.75. The highest BCUT2D eigenvalue weighted by Gasteiger charge is 2.32. The molecule has 0 aromatic carbocycles. The van der Waals surface area contributed by atoms with Gasteiger partial charge in [0.05, 0.1) is 19.1 Å². The van der Waals surface area contributed by atoms with E-state index in [-0.39, 0.29) is 25.1 Å². The Morgan fingerprint density at radius 1 is 1.48 bits per heavy atom. The van der Waals surface area contributed by atoms with Gasteiger partial charge in [-0.1, -0.05) is 0 Å². The van der Waals surface area contributed by atoms with Gasteiger partial charge in [0.25, 0.3) is 0 Å². The van der Waals surface area contributed by atoms with Crippen molar-refractivity contribution < 1.29 is 19.4 Å². The van der Waals surface area contributed by atoms with Crippen molar-refractivity contribution in [3.63, 3.8) is 0 Å². The number of carbonyl (C=O) groups is 2. The summed E-state index contributed by atoms with van der Waals surface area (Å²) >= 11 is 0. The van der Waals surface area contributed by atoms with Crippen molar-refractivity contribution in [2.45, 2.75) is 38.3 Å². The maximum absolute atomic E-state index is 12.0. The molecule has 7 heteroatoms. The first kappa shape index (κ1) is 16.0. The van der Waals surface area contributed by atoms with E-state index < -0.39 is 5.97 Å². The van der Waals surface area contributed by atoms with Crippen molar-refractivity contribution in [2.75, 3.05) is 39.3 Å². The maximum atomic E-state index is 12.0. The summed E-state index contributed by atoms with van der Waals surface area (Å²) in [6, 6.07) is 0.338. The lowest BCUT2D eigenvalue weighted by Crippen LogP contribution is -2.51. The highest BCUT2D eigenvalue weighted by Crippen LogP contribution is 2.22. The van der Waals surface area contributed by atoms with E-state index in [1.807, 2.05) is 6.92 Å². The molecule has 2 atom stereocenters. The Kier molecular flexibility index (Phi) is 5.81. The van der Waals surface area contributed by atoms with E-state index in [4.69, 9.17) is 9.84 Å². The topological polar surface area (TPSA) is 82.1 Å². The Morgan fingerprint density at radius 3 is 3.00 bits per heavy atom. The third-order valence-electron chi connectivity index (χ3n) is 4.21. The monoisotopic (exact) mass is 299 g/mol. The van der Waals surface area contributed by atoms with Crippen molar-refractivity contribution in [1.29, 1.82) is 0 Å². The van der Waals surface area contributed by atoms with Gasteiger partial charge in [-0.05, 0) is 26.3 Å². The lowest BCUT2D eigenvalue weighted by atomic mass is 10.2. The van der Waals surface area contributed by atoms with Crippen LogP contribution in [0.4, 0.5) is 4.79 Å². The minimum Gasteiger partial charge on any atom is -0.481 e. The molecule has 2 unspecified atom stereocenters. The molecule has 0 aliphatic carbocycles. The molecule has 2 heterocycles. The zero-order chi connectivity index (χ0) is 15.2. The van der Waals surface area contributed by atoms with Crippen LogP contribution in [-0.4, -0.2) is 78.4 Å². The molecule has 0 saturated carbocycles. The minimum atomic E-state index is -0.892. The predicted molar refractivity (Wildman–Crippen MR) is 77.2 cm³/mol. The van der Waals surface area contributed by atoms with Crippen LogP contribution in [0.15, 0.2) is 0 Å². The van der Waals surface area contributed by atoms with Crippen LogP contribution < -0.4 is 5.32 Å². The van der Waals surface area contributed by atoms with Crippen molar-refractivity contribution in [3.8, 4) is 0 Å². The molecule has 2 saturated heterocycles. The maximum Gasteiger partial charge on any atom is 0.317 e. The number of hydrogen-bond acceptors (Lipinski definition) is 4. The fourth-order valence-electron chi connectivity index (χ4n) is 2.96. The van der Waals surface area contributed by atoms with Gasteiger partial charge in [-0.3, -0.25) is 9.69 Å². The predicted octanol–water partition coefficient (Wildman–Crippen LogP) is 0.356. The number of carbonyl (C=O) groups excluding carboxylic acids is 1. The normalized spacial score (nSPS) is 25.4. The van der Waals surface area contributed by atoms with Crippen LogP contribution in [0, 0.1) is 0 Å². The molecular weight excluding hydrogens is 274 g/mol. The molecule has 2 N–H and O–H groups in total. The van der Waals surface area contributed by atoms with E-state index in [9.17, 15) is 9.59 Å². The number of nitrogens with one attached hydrogen (secondary N) is 1. The summed E-state index contributed by atoms with van der Waals surface area (Å²) in [5.41, 5.74) is 0. The second-order valence-corrected chi connectivity index (χ2v) is 5.66. The Balaban J connectivity index is 1.71. The fourth-order valence-corrected chi connectivity index (χ4v) is 2.96. The molecule has 2 rings (SSSR count). The molecule has 0 radical (unpaired) electrons. The van der Waals surface area contributed by atoms with Gasteiger partial charge in [-0.15, -0.1) is 0 Å². The average Bonchev–Trinajstić information content (AvgIpc) is 2.92.